The van der Waals surface area contributed by atoms with Crippen LogP contribution < -0.4 is 10.6 Å². The van der Waals surface area contributed by atoms with Gasteiger partial charge in [0.15, 0.2) is 23.6 Å². The molecule has 7 rings (SSSR count). The fraction of sp³-hybridized carbons (Fsp3) is 0.659. The normalized spacial score (nSPS) is 22.9. The van der Waals surface area contributed by atoms with Crippen molar-refractivity contribution in [2.45, 2.75) is 308 Å². The van der Waals surface area contributed by atoms with Crippen LogP contribution >= 0.6 is 7.82 Å². The molecule has 2 amide bonds. The Morgan fingerprint density at radius 2 is 1.18 bits per heavy atom. The standard InChI is InChI=1S/C88H127N2O22P/c1-8-10-11-12-13-14-15-16-17-18-21-24-27-39-48-75(97)105-58-69(59-108-113(103,104)107-53-9-2)110-76(98)49-40-28-25-22-19-20-23-26-29-41-52-89-74(96)51-50-68(93)55-70(80(64-42-33-30-34-43-64)90-84(100)65-44-35-31-36-45-65)71(94)54-67-57-88(102)83(111-85(101)66-46-37-32-38-47-66)79-77(72(95)56-73-87(79,60-106-73)112-63(5)92)81(99)82(109-62(4)91)78(61(67)3)86(88,6)7/h30-38,42-47,67,69-70,72-73,77,79-80,82-83,95,102H,8-29,39-41,48-60H2,1-7H3,(H,89,96)(H,90,100)(H,103,104)/t67-,69+,70-,72-,73+,77?,79?,80-,82+,83?,87-,88+/m0/s1. The number of carbonyl (C=O) groups is 10. The predicted octanol–water partition coefficient (Wildman–Crippen LogP) is 15.3. The Bertz CT molecular complexity index is 3630. The summed E-state index contributed by atoms with van der Waals surface area (Å²) in [6.07, 6.45) is 17.1. The number of rotatable bonds is 53. The molecule has 4 aliphatic rings. The van der Waals surface area contributed by atoms with Gasteiger partial charge in [0.2, 0.25) is 5.91 Å². The summed E-state index contributed by atoms with van der Waals surface area (Å²) >= 11 is 0. The Labute approximate surface area is 668 Å². The number of unbranched alkanes of at least 4 members (excludes halogenated alkanes) is 22. The van der Waals surface area contributed by atoms with Crippen LogP contribution in [0.3, 0.4) is 0 Å². The summed E-state index contributed by atoms with van der Waals surface area (Å²) in [5.41, 5.74) is -4.47. The van der Waals surface area contributed by atoms with Crippen molar-refractivity contribution in [2.75, 3.05) is 33.0 Å². The molecule has 5 N–H and O–H groups in total. The number of allylic oxidation sites excluding steroid dienone is 1. The Balaban J connectivity index is 0.913. The van der Waals surface area contributed by atoms with E-state index in [1.165, 1.54) is 76.3 Å². The van der Waals surface area contributed by atoms with Crippen LogP contribution in [-0.4, -0.2) is 149 Å². The zero-order chi connectivity index (χ0) is 82.0. The molecule has 2 bridgehead atoms. The van der Waals surface area contributed by atoms with Crippen molar-refractivity contribution in [1.29, 1.82) is 0 Å². The van der Waals surface area contributed by atoms with Gasteiger partial charge in [-0.3, -0.25) is 52.2 Å². The minimum absolute atomic E-state index is 0.00184. The van der Waals surface area contributed by atoms with Crippen LogP contribution in [0.1, 0.15) is 293 Å². The van der Waals surface area contributed by atoms with Gasteiger partial charge in [-0.1, -0.05) is 235 Å². The molecule has 113 heavy (non-hydrogen) atoms. The van der Waals surface area contributed by atoms with E-state index >= 15 is 9.59 Å². The van der Waals surface area contributed by atoms with Crippen molar-refractivity contribution < 1.29 is 105 Å². The number of aliphatic hydroxyl groups is 2. The molecule has 626 valence electrons. The van der Waals surface area contributed by atoms with E-state index in [1.807, 2.05) is 0 Å². The average molecular weight is 1600 g/mol. The molecular formula is C88H127N2O22P. The fourth-order valence-corrected chi connectivity index (χ4v) is 17.7. The molecule has 3 aliphatic carbocycles. The number of nitrogens with one attached hydrogen (secondary N) is 2. The molecule has 1 saturated heterocycles. The number of hydrogen-bond donors (Lipinski definition) is 5. The summed E-state index contributed by atoms with van der Waals surface area (Å²) in [6.45, 7) is 10.5. The molecular weight excluding hydrogens is 1470 g/mol. The summed E-state index contributed by atoms with van der Waals surface area (Å²) in [5, 5.41) is 32.2. The highest BCUT2D eigenvalue weighted by molar-refractivity contribution is 7.47. The Kier molecular flexibility index (Phi) is 38.7. The van der Waals surface area contributed by atoms with E-state index in [4.69, 9.17) is 37.5 Å². The van der Waals surface area contributed by atoms with Crippen LogP contribution in [0.25, 0.3) is 0 Å². The van der Waals surface area contributed by atoms with Crippen LogP contribution in [0.5, 0.6) is 0 Å². The molecule has 25 heteroatoms. The second kappa shape index (κ2) is 47.0. The number of esters is 5. The van der Waals surface area contributed by atoms with Gasteiger partial charge >= 0.3 is 37.7 Å². The average Bonchev–Trinajstić information content (AvgIpc) is 0.679. The molecule has 4 unspecified atom stereocenters. The molecule has 3 aromatic carbocycles. The number of amides is 2. The number of ether oxygens (including phenoxy) is 6. The van der Waals surface area contributed by atoms with Gasteiger partial charge < -0.3 is 54.2 Å². The first-order chi connectivity index (χ1) is 54.2. The van der Waals surface area contributed by atoms with Gasteiger partial charge in [0.25, 0.3) is 5.91 Å². The predicted molar refractivity (Wildman–Crippen MR) is 424 cm³/mol. The monoisotopic (exact) mass is 1590 g/mol. The first-order valence-electron chi connectivity index (χ1n) is 41.7. The lowest BCUT2D eigenvalue weighted by Gasteiger charge is -2.65. The highest BCUT2D eigenvalue weighted by atomic mass is 31.2. The van der Waals surface area contributed by atoms with E-state index in [2.05, 4.69) is 17.6 Å². The van der Waals surface area contributed by atoms with E-state index < -0.39 is 157 Å². The van der Waals surface area contributed by atoms with Gasteiger partial charge in [-0.2, -0.15) is 0 Å². The smallest absolute Gasteiger partial charge is 0.462 e. The van der Waals surface area contributed by atoms with Gasteiger partial charge in [-0.25, -0.2) is 9.36 Å². The van der Waals surface area contributed by atoms with Crippen LogP contribution in [0.2, 0.25) is 0 Å². The van der Waals surface area contributed by atoms with Crippen LogP contribution in [0, 0.1) is 29.1 Å². The van der Waals surface area contributed by atoms with E-state index in [0.717, 1.165) is 84.5 Å². The Hall–Kier alpha value is -7.31. The van der Waals surface area contributed by atoms with Gasteiger partial charge in [-0.15, -0.1) is 0 Å². The number of benzene rings is 3. The minimum Gasteiger partial charge on any atom is -0.462 e. The maximum Gasteiger partial charge on any atom is 0.472 e. The quantitative estimate of drug-likeness (QED) is 0.0115. The number of carbonyl (C=O) groups excluding carboxylic acids is 10. The number of Topliss-reactive ketones (excluding diaryl/α,β-unsaturated/α-hetero) is 3. The van der Waals surface area contributed by atoms with Gasteiger partial charge in [0, 0.05) is 82.2 Å². The number of aliphatic hydroxyl groups excluding tert-OH is 1. The number of fused-ring (bicyclic) bond motifs is 5. The van der Waals surface area contributed by atoms with E-state index in [-0.39, 0.29) is 81.0 Å². The van der Waals surface area contributed by atoms with Crippen LogP contribution in [0.15, 0.2) is 102 Å². The molecule has 0 radical (unpaired) electrons. The van der Waals surface area contributed by atoms with Gasteiger partial charge in [0.05, 0.1) is 49.4 Å². The van der Waals surface area contributed by atoms with Crippen molar-refractivity contribution in [3.63, 3.8) is 0 Å². The molecule has 3 fully saturated rings. The second-order valence-corrected chi connectivity index (χ2v) is 33.4. The van der Waals surface area contributed by atoms with Crippen molar-refractivity contribution in [2.24, 2.45) is 29.1 Å². The van der Waals surface area contributed by atoms with Crippen LogP contribution in [-0.2, 0) is 80.4 Å². The summed E-state index contributed by atoms with van der Waals surface area (Å²) in [5.74, 6) is -11.8. The largest absolute Gasteiger partial charge is 0.472 e. The van der Waals surface area contributed by atoms with Crippen LogP contribution in [0.4, 0.5) is 0 Å². The summed E-state index contributed by atoms with van der Waals surface area (Å²) < 4.78 is 58.2. The van der Waals surface area contributed by atoms with Crippen molar-refractivity contribution in [3.8, 4) is 0 Å². The zero-order valence-electron chi connectivity index (χ0n) is 67.8. The lowest BCUT2D eigenvalue weighted by molar-refractivity contribution is -0.331. The van der Waals surface area contributed by atoms with Gasteiger partial charge in [0.1, 0.15) is 36.0 Å². The van der Waals surface area contributed by atoms with Crippen molar-refractivity contribution in [3.05, 3.63) is 119 Å². The van der Waals surface area contributed by atoms with E-state index in [9.17, 15) is 58.0 Å². The van der Waals surface area contributed by atoms with Gasteiger partial charge in [-0.05, 0) is 80.3 Å². The molecule has 0 spiro atoms. The highest BCUT2D eigenvalue weighted by Gasteiger charge is 2.75. The summed E-state index contributed by atoms with van der Waals surface area (Å²) in [4.78, 5) is 151. The minimum atomic E-state index is -4.42. The maximum atomic E-state index is 15.9. The second-order valence-electron chi connectivity index (χ2n) is 32.0. The fourth-order valence-electron chi connectivity index (χ4n) is 16.8. The highest BCUT2D eigenvalue weighted by Crippen LogP contribution is 2.62. The first-order valence-corrected chi connectivity index (χ1v) is 43.2. The summed E-state index contributed by atoms with van der Waals surface area (Å²) in [6, 6.07) is 23.8. The molecule has 3 aromatic rings. The van der Waals surface area contributed by atoms with Crippen molar-refractivity contribution >= 4 is 66.8 Å². The molecule has 24 nitrogen and oxygen atoms in total. The Morgan fingerprint density at radius 1 is 0.637 bits per heavy atom. The third-order valence-electron chi connectivity index (χ3n) is 23.0. The zero-order valence-corrected chi connectivity index (χ0v) is 68.7. The SMILES string of the molecule is CCCCCCCCCCCCCCCCC(=O)OC[C@H](COP(=O)(O)OCCC)OC(=O)CCCCCCCCCCCCNC(=O)CCC(=O)C[C@@H](C(=O)C[C@H]1C[C@@]2(O)C(OC(=O)c3ccccc3)C3C(C(=O)[C@H](OC(C)=O)C(=C1C)C2(C)C)[C@@H](O)C[C@H]1OC[C@@]31OC(C)=O)[C@@H](NC(=O)c1ccccc1)c1ccccc1. The number of phosphoric ester groups is 1. The third kappa shape index (κ3) is 28.0. The molecule has 13 atom stereocenters. The summed E-state index contributed by atoms with van der Waals surface area (Å²) in [7, 11) is -4.42. The lowest BCUT2D eigenvalue weighted by Crippen LogP contribution is -2.79. The van der Waals surface area contributed by atoms with E-state index in [1.54, 1.807) is 107 Å². The lowest BCUT2D eigenvalue weighted by atomic mass is 9.47. The molecule has 1 heterocycles. The van der Waals surface area contributed by atoms with E-state index in [0.29, 0.717) is 43.4 Å². The van der Waals surface area contributed by atoms with Crippen molar-refractivity contribution in [1.82, 2.24) is 10.6 Å². The Morgan fingerprint density at radius 3 is 1.72 bits per heavy atom. The number of hydrogen-bond acceptors (Lipinski definition) is 21. The maximum absolute atomic E-state index is 15.9. The molecule has 2 saturated carbocycles. The molecule has 0 aromatic heterocycles. The number of phosphoric acid groups is 1. The molecule has 1 aliphatic heterocycles. The third-order valence-corrected chi connectivity index (χ3v) is 24.0. The number of ketones is 3. The topological polar surface area (TPSA) is 346 Å². The first kappa shape index (κ1) is 92.9.